The Hall–Kier alpha value is -0.960. The average molecular weight is 262 g/mol. The first-order valence-electron chi connectivity index (χ1n) is 5.08. The van der Waals surface area contributed by atoms with Crippen molar-refractivity contribution in [3.05, 3.63) is 12.5 Å². The van der Waals surface area contributed by atoms with Crippen molar-refractivity contribution >= 4 is 10.0 Å². The molecule has 0 saturated heterocycles. The lowest BCUT2D eigenvalue weighted by Crippen LogP contribution is -2.47. The molecule has 0 radical (unpaired) electrons. The lowest BCUT2D eigenvalue weighted by molar-refractivity contribution is 0.0386. The molecule has 0 aromatic carbocycles. The van der Waals surface area contributed by atoms with E-state index in [9.17, 15) is 13.5 Å². The molecule has 7 nitrogen and oxygen atoms in total. The monoisotopic (exact) mass is 262 g/mol. The molecule has 0 bridgehead atoms. The Labute approximate surface area is 101 Å². The Bertz CT molecular complexity index is 439. The van der Waals surface area contributed by atoms with Crippen molar-refractivity contribution in [2.45, 2.75) is 17.6 Å². The number of aromatic nitrogens is 2. The third kappa shape index (κ3) is 4.43. The number of sulfonamides is 1. The van der Waals surface area contributed by atoms with Crippen molar-refractivity contribution < 1.29 is 13.5 Å². The molecule has 8 heteroatoms. The molecule has 0 aliphatic carbocycles. The van der Waals surface area contributed by atoms with Crippen LogP contribution in [0.2, 0.25) is 0 Å². The Morgan fingerprint density at radius 1 is 1.59 bits per heavy atom. The van der Waals surface area contributed by atoms with Crippen LogP contribution in [0.1, 0.15) is 6.92 Å². The topological polar surface area (TPSA) is 98.3 Å². The molecular weight excluding hydrogens is 244 g/mol. The third-order valence-electron chi connectivity index (χ3n) is 2.06. The third-order valence-corrected chi connectivity index (χ3v) is 3.39. The predicted octanol–water partition coefficient (Wildman–Crippen LogP) is -0.999. The van der Waals surface area contributed by atoms with E-state index in [0.717, 1.165) is 0 Å². The first kappa shape index (κ1) is 14.1. The van der Waals surface area contributed by atoms with Gasteiger partial charge in [0.25, 0.3) is 10.0 Å². The summed E-state index contributed by atoms with van der Waals surface area (Å²) in [4.78, 5) is 7.92. The molecule has 1 rings (SSSR count). The molecule has 0 aliphatic rings. The summed E-state index contributed by atoms with van der Waals surface area (Å²) in [7, 11) is -0.0256. The fourth-order valence-corrected chi connectivity index (χ4v) is 2.52. The number of rotatable bonds is 6. The van der Waals surface area contributed by atoms with Gasteiger partial charge in [-0.2, -0.15) is 0 Å². The van der Waals surface area contributed by atoms with Gasteiger partial charge in [0.1, 0.15) is 0 Å². The van der Waals surface area contributed by atoms with E-state index in [2.05, 4.69) is 14.7 Å². The average Bonchev–Trinajstić information content (AvgIpc) is 2.66. The number of nitrogens with one attached hydrogen (secondary N) is 2. The summed E-state index contributed by atoms with van der Waals surface area (Å²) in [6, 6.07) is 0. The maximum absolute atomic E-state index is 11.7. The fraction of sp³-hybridized carbons (Fsp3) is 0.667. The van der Waals surface area contributed by atoms with Crippen LogP contribution in [-0.4, -0.2) is 61.2 Å². The van der Waals surface area contributed by atoms with E-state index in [4.69, 9.17) is 0 Å². The zero-order chi connectivity index (χ0) is 13.1. The Morgan fingerprint density at radius 2 is 2.24 bits per heavy atom. The summed E-state index contributed by atoms with van der Waals surface area (Å²) in [5.74, 6) is 0. The minimum Gasteiger partial charge on any atom is -0.387 e. The van der Waals surface area contributed by atoms with Crippen molar-refractivity contribution in [1.82, 2.24) is 19.6 Å². The van der Waals surface area contributed by atoms with Gasteiger partial charge < -0.3 is 15.0 Å². The quantitative estimate of drug-likeness (QED) is 0.611. The zero-order valence-corrected chi connectivity index (χ0v) is 11.0. The number of nitrogens with zero attached hydrogens (tertiary/aromatic N) is 2. The highest BCUT2D eigenvalue weighted by Crippen LogP contribution is 2.06. The van der Waals surface area contributed by atoms with Crippen LogP contribution in [0.15, 0.2) is 17.6 Å². The van der Waals surface area contributed by atoms with E-state index in [-0.39, 0.29) is 11.6 Å². The molecule has 1 aromatic heterocycles. The van der Waals surface area contributed by atoms with E-state index in [1.165, 1.54) is 12.5 Å². The van der Waals surface area contributed by atoms with Gasteiger partial charge >= 0.3 is 0 Å². The molecule has 0 amide bonds. The van der Waals surface area contributed by atoms with Crippen LogP contribution in [-0.2, 0) is 10.0 Å². The van der Waals surface area contributed by atoms with E-state index in [1.54, 1.807) is 25.9 Å². The minimum atomic E-state index is -3.63. The number of H-pyrrole nitrogens is 1. The summed E-state index contributed by atoms with van der Waals surface area (Å²) >= 11 is 0. The maximum atomic E-state index is 11.7. The summed E-state index contributed by atoms with van der Waals surface area (Å²) in [5.41, 5.74) is -1.13. The second-order valence-electron chi connectivity index (χ2n) is 4.48. The SMILES string of the molecule is CN(C)CC(C)(O)CNS(=O)(=O)c1cnc[nH]1. The second-order valence-corrected chi connectivity index (χ2v) is 6.21. The first-order chi connectivity index (χ1) is 7.73. The molecule has 3 N–H and O–H groups in total. The summed E-state index contributed by atoms with van der Waals surface area (Å²) in [6.07, 6.45) is 2.50. The Morgan fingerprint density at radius 3 is 2.71 bits per heavy atom. The van der Waals surface area contributed by atoms with E-state index in [1.807, 2.05) is 0 Å². The number of likely N-dealkylation sites (N-methyl/N-ethyl adjacent to an activating group) is 1. The van der Waals surface area contributed by atoms with Gasteiger partial charge in [0.2, 0.25) is 0 Å². The highest BCUT2D eigenvalue weighted by atomic mass is 32.2. The van der Waals surface area contributed by atoms with E-state index in [0.29, 0.717) is 6.54 Å². The lowest BCUT2D eigenvalue weighted by atomic mass is 10.1. The first-order valence-corrected chi connectivity index (χ1v) is 6.56. The predicted molar refractivity (Wildman–Crippen MR) is 63.0 cm³/mol. The lowest BCUT2D eigenvalue weighted by Gasteiger charge is -2.26. The van der Waals surface area contributed by atoms with Crippen molar-refractivity contribution in [1.29, 1.82) is 0 Å². The molecule has 1 atom stereocenters. The zero-order valence-electron chi connectivity index (χ0n) is 10.1. The van der Waals surface area contributed by atoms with Crippen LogP contribution < -0.4 is 4.72 Å². The van der Waals surface area contributed by atoms with Gasteiger partial charge in [-0.1, -0.05) is 0 Å². The highest BCUT2D eigenvalue weighted by molar-refractivity contribution is 7.89. The Balaban J connectivity index is 2.62. The summed E-state index contributed by atoms with van der Waals surface area (Å²) in [5, 5.41) is 9.94. The molecule has 0 aliphatic heterocycles. The number of aromatic amines is 1. The van der Waals surface area contributed by atoms with Gasteiger partial charge in [0.15, 0.2) is 5.03 Å². The molecule has 98 valence electrons. The van der Waals surface area contributed by atoms with Gasteiger partial charge in [0, 0.05) is 13.1 Å². The molecule has 1 heterocycles. The molecule has 0 saturated carbocycles. The molecule has 0 fully saturated rings. The van der Waals surface area contributed by atoms with Crippen LogP contribution in [0.4, 0.5) is 0 Å². The van der Waals surface area contributed by atoms with Crippen LogP contribution in [0.25, 0.3) is 0 Å². The van der Waals surface area contributed by atoms with Crippen molar-refractivity contribution in [2.75, 3.05) is 27.2 Å². The largest absolute Gasteiger partial charge is 0.387 e. The van der Waals surface area contributed by atoms with Crippen molar-refractivity contribution in [3.8, 4) is 0 Å². The maximum Gasteiger partial charge on any atom is 0.257 e. The highest BCUT2D eigenvalue weighted by Gasteiger charge is 2.25. The normalized spacial score (nSPS) is 16.1. The number of hydrogen-bond acceptors (Lipinski definition) is 5. The van der Waals surface area contributed by atoms with Crippen LogP contribution in [0.3, 0.4) is 0 Å². The van der Waals surface area contributed by atoms with Gasteiger partial charge in [-0.15, -0.1) is 0 Å². The van der Waals surface area contributed by atoms with Crippen molar-refractivity contribution in [3.63, 3.8) is 0 Å². The molecule has 1 aromatic rings. The molecule has 17 heavy (non-hydrogen) atoms. The van der Waals surface area contributed by atoms with Gasteiger partial charge in [-0.3, -0.25) is 0 Å². The van der Waals surface area contributed by atoms with Gasteiger partial charge in [-0.05, 0) is 21.0 Å². The van der Waals surface area contributed by atoms with E-state index < -0.39 is 15.6 Å². The van der Waals surface area contributed by atoms with E-state index >= 15 is 0 Å². The number of hydrogen-bond donors (Lipinski definition) is 3. The number of aliphatic hydroxyl groups is 1. The summed E-state index contributed by atoms with van der Waals surface area (Å²) < 4.78 is 25.8. The van der Waals surface area contributed by atoms with Gasteiger partial charge in [0.05, 0.1) is 18.1 Å². The fourth-order valence-electron chi connectivity index (χ4n) is 1.46. The Kier molecular flexibility index (Phi) is 4.26. The number of imidazole rings is 1. The van der Waals surface area contributed by atoms with Crippen LogP contribution in [0, 0.1) is 0 Å². The molecular formula is C9H18N4O3S. The van der Waals surface area contributed by atoms with Crippen LogP contribution >= 0.6 is 0 Å². The van der Waals surface area contributed by atoms with Crippen molar-refractivity contribution in [2.24, 2.45) is 0 Å². The molecule has 1 unspecified atom stereocenters. The summed E-state index contributed by atoms with van der Waals surface area (Å²) in [6.45, 7) is 1.87. The second kappa shape index (κ2) is 5.13. The molecule has 0 spiro atoms. The standard InChI is InChI=1S/C9H18N4O3S/c1-9(14,6-13(2)3)5-12-17(15,16)8-4-10-7-11-8/h4,7,12,14H,5-6H2,1-3H3,(H,10,11). The minimum absolute atomic E-state index is 0.0156. The smallest absolute Gasteiger partial charge is 0.257 e. The van der Waals surface area contributed by atoms with Crippen LogP contribution in [0.5, 0.6) is 0 Å². The van der Waals surface area contributed by atoms with Gasteiger partial charge in [-0.25, -0.2) is 18.1 Å².